The minimum Gasteiger partial charge on any atom is -0.385 e. The van der Waals surface area contributed by atoms with E-state index in [1.54, 1.807) is 19.1 Å². The Morgan fingerprint density at radius 2 is 1.53 bits per heavy atom. The van der Waals surface area contributed by atoms with Crippen LogP contribution in [-0.4, -0.2) is 5.11 Å². The second kappa shape index (κ2) is 5.14. The van der Waals surface area contributed by atoms with E-state index < -0.39 is 5.60 Å². The van der Waals surface area contributed by atoms with Gasteiger partial charge in [0.1, 0.15) is 5.82 Å². The van der Waals surface area contributed by atoms with E-state index in [0.29, 0.717) is 6.42 Å². The van der Waals surface area contributed by atoms with Gasteiger partial charge in [0.25, 0.3) is 0 Å². The van der Waals surface area contributed by atoms with Crippen molar-refractivity contribution in [3.63, 3.8) is 0 Å². The Labute approximate surface area is 113 Å². The van der Waals surface area contributed by atoms with Gasteiger partial charge in [-0.2, -0.15) is 0 Å². The highest BCUT2D eigenvalue weighted by Gasteiger charge is 2.25. The van der Waals surface area contributed by atoms with Crippen LogP contribution < -0.4 is 0 Å². The van der Waals surface area contributed by atoms with Crippen LogP contribution in [0.4, 0.5) is 4.39 Å². The van der Waals surface area contributed by atoms with Crippen LogP contribution in [0.25, 0.3) is 0 Å². The van der Waals surface area contributed by atoms with Crippen LogP contribution in [0.1, 0.15) is 29.2 Å². The van der Waals surface area contributed by atoms with Crippen molar-refractivity contribution in [1.29, 1.82) is 0 Å². The lowest BCUT2D eigenvalue weighted by Crippen LogP contribution is -2.25. The number of rotatable bonds is 3. The summed E-state index contributed by atoms with van der Waals surface area (Å²) < 4.78 is 12.9. The number of hydrogen-bond acceptors (Lipinski definition) is 1. The topological polar surface area (TPSA) is 20.2 Å². The minimum atomic E-state index is -0.995. The lowest BCUT2D eigenvalue weighted by atomic mass is 9.86. The van der Waals surface area contributed by atoms with Gasteiger partial charge in [-0.05, 0) is 55.2 Å². The summed E-state index contributed by atoms with van der Waals surface area (Å²) in [5, 5.41) is 10.7. The van der Waals surface area contributed by atoms with Crippen LogP contribution in [0.5, 0.6) is 0 Å². The Hall–Kier alpha value is -1.67. The van der Waals surface area contributed by atoms with E-state index >= 15 is 0 Å². The second-order valence-corrected chi connectivity index (χ2v) is 5.33. The standard InChI is InChI=1S/C17H19FO/c1-12-5-4-6-13(2)16(12)11-17(3,19)14-7-9-15(18)10-8-14/h4-10,19H,11H2,1-3H3. The summed E-state index contributed by atoms with van der Waals surface area (Å²) in [6, 6.07) is 12.2. The first-order chi connectivity index (χ1) is 8.90. The molecule has 0 heterocycles. The fraction of sp³-hybridized carbons (Fsp3) is 0.294. The molecule has 0 saturated carbocycles. The summed E-state index contributed by atoms with van der Waals surface area (Å²) in [7, 11) is 0. The minimum absolute atomic E-state index is 0.286. The average molecular weight is 258 g/mol. The number of benzene rings is 2. The maximum atomic E-state index is 12.9. The summed E-state index contributed by atoms with van der Waals surface area (Å²) in [6.45, 7) is 5.86. The van der Waals surface area contributed by atoms with Crippen molar-refractivity contribution in [2.24, 2.45) is 0 Å². The molecule has 2 rings (SSSR count). The summed E-state index contributed by atoms with van der Waals surface area (Å²) in [5.41, 5.74) is 3.23. The molecule has 2 aromatic rings. The summed E-state index contributed by atoms with van der Waals surface area (Å²) in [5.74, 6) is -0.286. The fourth-order valence-corrected chi connectivity index (χ4v) is 2.38. The average Bonchev–Trinajstić information content (AvgIpc) is 2.35. The summed E-state index contributed by atoms with van der Waals surface area (Å²) in [4.78, 5) is 0. The quantitative estimate of drug-likeness (QED) is 0.885. The highest BCUT2D eigenvalue weighted by molar-refractivity contribution is 5.36. The Morgan fingerprint density at radius 1 is 1.00 bits per heavy atom. The van der Waals surface area contributed by atoms with Gasteiger partial charge in [0.15, 0.2) is 0 Å². The van der Waals surface area contributed by atoms with Crippen LogP contribution in [-0.2, 0) is 12.0 Å². The van der Waals surface area contributed by atoms with Crippen molar-refractivity contribution in [3.8, 4) is 0 Å². The first kappa shape index (κ1) is 13.8. The molecule has 0 radical (unpaired) electrons. The first-order valence-electron chi connectivity index (χ1n) is 6.44. The van der Waals surface area contributed by atoms with Crippen LogP contribution in [0.2, 0.25) is 0 Å². The zero-order valence-corrected chi connectivity index (χ0v) is 11.6. The molecule has 100 valence electrons. The number of aryl methyl sites for hydroxylation is 2. The molecule has 0 aliphatic carbocycles. The Morgan fingerprint density at radius 3 is 2.05 bits per heavy atom. The first-order valence-corrected chi connectivity index (χ1v) is 6.44. The van der Waals surface area contributed by atoms with Crippen LogP contribution in [0, 0.1) is 19.7 Å². The van der Waals surface area contributed by atoms with Crippen molar-refractivity contribution in [2.75, 3.05) is 0 Å². The van der Waals surface area contributed by atoms with Crippen LogP contribution in [0.15, 0.2) is 42.5 Å². The molecule has 2 aromatic carbocycles. The van der Waals surface area contributed by atoms with Gasteiger partial charge in [-0.15, -0.1) is 0 Å². The molecule has 1 atom stereocenters. The Balaban J connectivity index is 2.33. The van der Waals surface area contributed by atoms with Gasteiger partial charge < -0.3 is 5.11 Å². The van der Waals surface area contributed by atoms with E-state index in [0.717, 1.165) is 11.1 Å². The van der Waals surface area contributed by atoms with Crippen molar-refractivity contribution in [3.05, 3.63) is 70.5 Å². The maximum Gasteiger partial charge on any atom is 0.123 e. The fourth-order valence-electron chi connectivity index (χ4n) is 2.38. The Kier molecular flexibility index (Phi) is 3.72. The van der Waals surface area contributed by atoms with E-state index in [1.807, 2.05) is 32.0 Å². The van der Waals surface area contributed by atoms with E-state index in [-0.39, 0.29) is 5.82 Å². The summed E-state index contributed by atoms with van der Waals surface area (Å²) in [6.07, 6.45) is 0.525. The van der Waals surface area contributed by atoms with Crippen LogP contribution in [0.3, 0.4) is 0 Å². The zero-order chi connectivity index (χ0) is 14.0. The smallest absolute Gasteiger partial charge is 0.123 e. The van der Waals surface area contributed by atoms with Crippen molar-refractivity contribution in [2.45, 2.75) is 32.8 Å². The molecule has 0 amide bonds. The molecule has 0 saturated heterocycles. The molecule has 0 aliphatic heterocycles. The number of hydrogen-bond donors (Lipinski definition) is 1. The SMILES string of the molecule is Cc1cccc(C)c1CC(C)(O)c1ccc(F)cc1. The molecule has 1 nitrogen and oxygen atoms in total. The highest BCUT2D eigenvalue weighted by Crippen LogP contribution is 2.28. The largest absolute Gasteiger partial charge is 0.385 e. The predicted molar refractivity (Wildman–Crippen MR) is 75.6 cm³/mol. The van der Waals surface area contributed by atoms with Gasteiger partial charge in [-0.3, -0.25) is 0 Å². The van der Waals surface area contributed by atoms with Crippen molar-refractivity contribution in [1.82, 2.24) is 0 Å². The van der Waals surface area contributed by atoms with Gasteiger partial charge >= 0.3 is 0 Å². The van der Waals surface area contributed by atoms with Gasteiger partial charge in [-0.1, -0.05) is 30.3 Å². The summed E-state index contributed by atoms with van der Waals surface area (Å²) >= 11 is 0. The molecule has 0 bridgehead atoms. The van der Waals surface area contributed by atoms with E-state index in [9.17, 15) is 9.50 Å². The molecule has 0 fully saturated rings. The normalized spacial score (nSPS) is 14.2. The molecule has 0 aromatic heterocycles. The van der Waals surface area contributed by atoms with Gasteiger partial charge in [0.05, 0.1) is 5.60 Å². The van der Waals surface area contributed by atoms with E-state index in [2.05, 4.69) is 0 Å². The lowest BCUT2D eigenvalue weighted by molar-refractivity contribution is 0.0572. The molecular weight excluding hydrogens is 239 g/mol. The third kappa shape index (κ3) is 3.02. The van der Waals surface area contributed by atoms with Crippen LogP contribution >= 0.6 is 0 Å². The number of halogens is 1. The molecule has 1 N–H and O–H groups in total. The van der Waals surface area contributed by atoms with Gasteiger partial charge in [0.2, 0.25) is 0 Å². The van der Waals surface area contributed by atoms with Crippen molar-refractivity contribution < 1.29 is 9.50 Å². The molecule has 2 heteroatoms. The Bertz CT molecular complexity index is 550. The van der Waals surface area contributed by atoms with Crippen molar-refractivity contribution >= 4 is 0 Å². The van der Waals surface area contributed by atoms with E-state index in [4.69, 9.17) is 0 Å². The monoisotopic (exact) mass is 258 g/mol. The molecule has 19 heavy (non-hydrogen) atoms. The third-order valence-electron chi connectivity index (χ3n) is 3.63. The predicted octanol–water partition coefficient (Wildman–Crippen LogP) is 3.89. The lowest BCUT2D eigenvalue weighted by Gasteiger charge is -2.26. The molecule has 0 aliphatic rings. The molecule has 1 unspecified atom stereocenters. The molecular formula is C17H19FO. The zero-order valence-electron chi connectivity index (χ0n) is 11.6. The van der Waals surface area contributed by atoms with Gasteiger partial charge in [-0.25, -0.2) is 4.39 Å². The van der Waals surface area contributed by atoms with E-state index in [1.165, 1.54) is 23.3 Å². The molecule has 0 spiro atoms. The third-order valence-corrected chi connectivity index (χ3v) is 3.63. The number of aliphatic hydroxyl groups is 1. The highest BCUT2D eigenvalue weighted by atomic mass is 19.1. The second-order valence-electron chi connectivity index (χ2n) is 5.33. The van der Waals surface area contributed by atoms with Gasteiger partial charge in [0, 0.05) is 6.42 Å². The maximum absolute atomic E-state index is 12.9.